The lowest BCUT2D eigenvalue weighted by molar-refractivity contribution is 0.0999. The first-order chi connectivity index (χ1) is 13.9. The second-order valence-electron chi connectivity index (χ2n) is 6.42. The lowest BCUT2D eigenvalue weighted by Gasteiger charge is -2.16. The molecule has 0 radical (unpaired) electrons. The number of carbonyl (C=O) groups is 1. The topological polar surface area (TPSA) is 73.6 Å². The largest absolute Gasteiger partial charge is 0.481 e. The van der Waals surface area contributed by atoms with Gasteiger partial charge in [-0.1, -0.05) is 17.8 Å². The van der Waals surface area contributed by atoms with Crippen LogP contribution in [-0.4, -0.2) is 11.8 Å². The first-order valence-corrected chi connectivity index (χ1v) is 9.63. The van der Waals surface area contributed by atoms with E-state index in [0.29, 0.717) is 11.7 Å². The fourth-order valence-corrected chi connectivity index (χ4v) is 3.73. The molecule has 0 atom stereocenters. The molecule has 1 heterocycles. The summed E-state index contributed by atoms with van der Waals surface area (Å²) in [6.07, 6.45) is 0. The number of halogens is 2. The summed E-state index contributed by atoms with van der Waals surface area (Å²) in [7, 11) is 0. The van der Waals surface area contributed by atoms with Gasteiger partial charge in [0.05, 0.1) is 16.3 Å². The Hall–Kier alpha value is -3.26. The van der Waals surface area contributed by atoms with Crippen LogP contribution in [0.3, 0.4) is 0 Å². The number of amides is 1. The van der Waals surface area contributed by atoms with Crippen LogP contribution in [0.2, 0.25) is 0 Å². The number of primary amides is 1. The van der Waals surface area contributed by atoms with Crippen molar-refractivity contribution in [1.82, 2.24) is 0 Å². The molecule has 1 amide bonds. The zero-order chi connectivity index (χ0) is 20.5. The van der Waals surface area contributed by atoms with E-state index in [4.69, 9.17) is 15.2 Å². The summed E-state index contributed by atoms with van der Waals surface area (Å²) in [6, 6.07) is 11.8. The van der Waals surface area contributed by atoms with Crippen LogP contribution in [-0.2, 0) is 0 Å². The second kappa shape index (κ2) is 7.63. The Labute approximate surface area is 169 Å². The fourth-order valence-electron chi connectivity index (χ4n) is 2.95. The highest BCUT2D eigenvalue weighted by Crippen LogP contribution is 2.40. The van der Waals surface area contributed by atoms with Crippen molar-refractivity contribution in [2.45, 2.75) is 11.8 Å². The summed E-state index contributed by atoms with van der Waals surface area (Å²) in [5.74, 6) is -0.496. The van der Waals surface area contributed by atoms with Gasteiger partial charge in [-0.3, -0.25) is 4.79 Å². The van der Waals surface area contributed by atoms with E-state index in [1.807, 2.05) is 0 Å². The number of fused-ring (bicyclic) bond motifs is 1. The minimum absolute atomic E-state index is 0.00845. The van der Waals surface area contributed by atoms with E-state index in [1.165, 1.54) is 23.9 Å². The van der Waals surface area contributed by atoms with Gasteiger partial charge >= 0.3 is 0 Å². The summed E-state index contributed by atoms with van der Waals surface area (Å²) in [5, 5.41) is 2.74. The molecule has 29 heavy (non-hydrogen) atoms. The maximum atomic E-state index is 14.3. The minimum Gasteiger partial charge on any atom is -0.481 e. The third-order valence-corrected chi connectivity index (χ3v) is 5.14. The van der Waals surface area contributed by atoms with Gasteiger partial charge in [-0.05, 0) is 48.9 Å². The summed E-state index contributed by atoms with van der Waals surface area (Å²) >= 11 is 1.49. The molecule has 0 spiro atoms. The molecule has 5 nitrogen and oxygen atoms in total. The second-order valence-corrected chi connectivity index (χ2v) is 7.38. The number of benzene rings is 3. The van der Waals surface area contributed by atoms with Crippen molar-refractivity contribution in [3.05, 3.63) is 71.3 Å². The highest BCUT2D eigenvalue weighted by atomic mass is 32.2. The number of hydrogen-bond acceptors (Lipinski definition) is 5. The highest BCUT2D eigenvalue weighted by Gasteiger charge is 2.20. The molecule has 8 heteroatoms. The maximum absolute atomic E-state index is 14.3. The first kappa shape index (κ1) is 19.1. The quantitative estimate of drug-likeness (QED) is 0.589. The monoisotopic (exact) mass is 414 g/mol. The van der Waals surface area contributed by atoms with Crippen molar-refractivity contribution < 1.29 is 23.0 Å². The normalized spacial score (nSPS) is 12.2. The SMILES string of the molecule is Cc1ccc(Nc2cc(F)cc(Oc3ccc4c(c3)SCO4)c2C(N)=O)c(F)c1. The van der Waals surface area contributed by atoms with E-state index in [9.17, 15) is 13.6 Å². The van der Waals surface area contributed by atoms with Gasteiger partial charge in [-0.2, -0.15) is 0 Å². The van der Waals surface area contributed by atoms with Crippen molar-refractivity contribution in [3.8, 4) is 17.2 Å². The Kier molecular flexibility index (Phi) is 5.02. The van der Waals surface area contributed by atoms with Crippen LogP contribution in [0.1, 0.15) is 15.9 Å². The molecule has 3 aromatic carbocycles. The van der Waals surface area contributed by atoms with Crippen molar-refractivity contribution in [3.63, 3.8) is 0 Å². The zero-order valence-corrected chi connectivity index (χ0v) is 16.1. The number of nitrogens with two attached hydrogens (primary N) is 1. The molecule has 0 fully saturated rings. The van der Waals surface area contributed by atoms with Gasteiger partial charge in [0.2, 0.25) is 0 Å². The minimum atomic E-state index is -0.839. The molecule has 1 aliphatic heterocycles. The summed E-state index contributed by atoms with van der Waals surface area (Å²) in [4.78, 5) is 13.0. The highest BCUT2D eigenvalue weighted by molar-refractivity contribution is 7.99. The number of aryl methyl sites for hydroxylation is 1. The Balaban J connectivity index is 1.73. The average Bonchev–Trinajstić information content (AvgIpc) is 3.11. The van der Waals surface area contributed by atoms with E-state index in [1.54, 1.807) is 31.2 Å². The van der Waals surface area contributed by atoms with Crippen LogP contribution in [0.5, 0.6) is 17.2 Å². The smallest absolute Gasteiger partial charge is 0.254 e. The molecule has 148 valence electrons. The standard InChI is InChI=1S/C21H16F2N2O3S/c1-11-2-4-15(14(23)6-11)25-16-7-12(22)8-18(20(16)21(24)26)28-13-3-5-17-19(9-13)29-10-27-17/h2-9,25H,10H2,1H3,(H2,24,26). The number of ether oxygens (including phenoxy) is 2. The molecule has 0 bridgehead atoms. The van der Waals surface area contributed by atoms with Gasteiger partial charge < -0.3 is 20.5 Å². The van der Waals surface area contributed by atoms with Gasteiger partial charge in [0.15, 0.2) is 0 Å². The van der Waals surface area contributed by atoms with Gasteiger partial charge in [0, 0.05) is 6.07 Å². The van der Waals surface area contributed by atoms with Crippen LogP contribution in [0, 0.1) is 18.6 Å². The van der Waals surface area contributed by atoms with Gasteiger partial charge in [-0.25, -0.2) is 8.78 Å². The molecule has 0 unspecified atom stereocenters. The number of rotatable bonds is 5. The predicted molar refractivity (Wildman–Crippen MR) is 107 cm³/mol. The Morgan fingerprint density at radius 2 is 1.97 bits per heavy atom. The number of carbonyl (C=O) groups excluding carboxylic acids is 1. The summed E-state index contributed by atoms with van der Waals surface area (Å²) in [6.45, 7) is 1.75. The van der Waals surface area contributed by atoms with Crippen molar-refractivity contribution in [2.75, 3.05) is 11.3 Å². The van der Waals surface area contributed by atoms with E-state index >= 15 is 0 Å². The van der Waals surface area contributed by atoms with E-state index in [2.05, 4.69) is 5.32 Å². The van der Waals surface area contributed by atoms with Crippen molar-refractivity contribution >= 4 is 29.0 Å². The third-order valence-electron chi connectivity index (χ3n) is 4.28. The molecular formula is C21H16F2N2O3S. The summed E-state index contributed by atoms with van der Waals surface area (Å²) in [5.41, 5.74) is 6.26. The molecule has 0 saturated carbocycles. The lowest BCUT2D eigenvalue weighted by atomic mass is 10.1. The van der Waals surface area contributed by atoms with E-state index in [0.717, 1.165) is 28.3 Å². The third kappa shape index (κ3) is 3.97. The predicted octanol–water partition coefficient (Wildman–Crippen LogP) is 5.35. The molecule has 4 rings (SSSR count). The van der Waals surface area contributed by atoms with Gasteiger partial charge in [-0.15, -0.1) is 0 Å². The van der Waals surface area contributed by atoms with Crippen molar-refractivity contribution in [2.24, 2.45) is 5.73 Å². The average molecular weight is 414 g/mol. The Bertz CT molecular complexity index is 1120. The van der Waals surface area contributed by atoms with Crippen LogP contribution in [0.15, 0.2) is 53.4 Å². The number of nitrogens with one attached hydrogen (secondary N) is 1. The van der Waals surface area contributed by atoms with Crippen LogP contribution in [0.4, 0.5) is 20.2 Å². The Morgan fingerprint density at radius 1 is 1.14 bits per heavy atom. The summed E-state index contributed by atoms with van der Waals surface area (Å²) < 4.78 is 39.7. The molecule has 0 aromatic heterocycles. The van der Waals surface area contributed by atoms with Crippen LogP contribution < -0.4 is 20.5 Å². The maximum Gasteiger partial charge on any atom is 0.254 e. The van der Waals surface area contributed by atoms with Gasteiger partial charge in [0.25, 0.3) is 5.91 Å². The van der Waals surface area contributed by atoms with Crippen molar-refractivity contribution in [1.29, 1.82) is 0 Å². The Morgan fingerprint density at radius 3 is 2.72 bits per heavy atom. The lowest BCUT2D eigenvalue weighted by Crippen LogP contribution is -2.15. The van der Waals surface area contributed by atoms with Crippen LogP contribution in [0.25, 0.3) is 0 Å². The fraction of sp³-hybridized carbons (Fsp3) is 0.0952. The first-order valence-electron chi connectivity index (χ1n) is 8.65. The molecule has 0 saturated heterocycles. The molecular weight excluding hydrogens is 398 g/mol. The molecule has 0 aliphatic carbocycles. The molecule has 1 aliphatic rings. The number of thioether (sulfide) groups is 1. The van der Waals surface area contributed by atoms with Crippen LogP contribution >= 0.6 is 11.8 Å². The number of anilines is 2. The van der Waals surface area contributed by atoms with E-state index in [-0.39, 0.29) is 22.7 Å². The molecule has 3 aromatic rings. The molecule has 3 N–H and O–H groups in total. The van der Waals surface area contributed by atoms with Gasteiger partial charge in [0.1, 0.15) is 40.4 Å². The number of hydrogen-bond donors (Lipinski definition) is 2. The van der Waals surface area contributed by atoms with E-state index < -0.39 is 17.5 Å². The zero-order valence-electron chi connectivity index (χ0n) is 15.3.